The van der Waals surface area contributed by atoms with Gasteiger partial charge in [0.25, 0.3) is 0 Å². The van der Waals surface area contributed by atoms with Gasteiger partial charge >= 0.3 is 0 Å². The van der Waals surface area contributed by atoms with E-state index in [9.17, 15) is 0 Å². The highest BCUT2D eigenvalue weighted by Crippen LogP contribution is 2.15. The van der Waals surface area contributed by atoms with Crippen molar-refractivity contribution < 1.29 is 9.47 Å². The van der Waals surface area contributed by atoms with Crippen molar-refractivity contribution in [2.75, 3.05) is 14.2 Å². The Balaban J connectivity index is 3.79. The van der Waals surface area contributed by atoms with E-state index < -0.39 is 0 Å². The standard InChI is InChI=1S/C9H17BrO2/c1-4-5-6-7-8(10)9(11-2)12-3/h7,9H,4-6H2,1-3H3. The molecule has 0 aromatic heterocycles. The summed E-state index contributed by atoms with van der Waals surface area (Å²) in [6.07, 6.45) is 5.33. The van der Waals surface area contributed by atoms with Gasteiger partial charge in [0.05, 0.1) is 0 Å². The Morgan fingerprint density at radius 2 is 2.00 bits per heavy atom. The lowest BCUT2D eigenvalue weighted by atomic mass is 10.2. The summed E-state index contributed by atoms with van der Waals surface area (Å²) < 4.78 is 11.1. The maximum absolute atomic E-state index is 5.05. The number of ether oxygens (including phenoxy) is 2. The zero-order valence-electron chi connectivity index (χ0n) is 7.97. The van der Waals surface area contributed by atoms with Crippen molar-refractivity contribution in [3.8, 4) is 0 Å². The predicted molar refractivity (Wildman–Crippen MR) is 54.3 cm³/mol. The van der Waals surface area contributed by atoms with Gasteiger partial charge in [0.15, 0.2) is 6.29 Å². The van der Waals surface area contributed by atoms with Crippen LogP contribution < -0.4 is 0 Å². The normalized spacial score (nSPS) is 12.6. The molecular formula is C9H17BrO2. The number of rotatable bonds is 6. The topological polar surface area (TPSA) is 18.5 Å². The predicted octanol–water partition coefficient (Wildman–Crippen LogP) is 3.07. The summed E-state index contributed by atoms with van der Waals surface area (Å²) in [4.78, 5) is 0. The van der Waals surface area contributed by atoms with Gasteiger partial charge in [-0.15, -0.1) is 0 Å². The fraction of sp³-hybridized carbons (Fsp3) is 0.778. The second-order valence-corrected chi connectivity index (χ2v) is 3.45. The smallest absolute Gasteiger partial charge is 0.189 e. The van der Waals surface area contributed by atoms with Gasteiger partial charge in [0.2, 0.25) is 0 Å². The third kappa shape index (κ3) is 4.91. The van der Waals surface area contributed by atoms with Crippen LogP contribution in [0.2, 0.25) is 0 Å². The van der Waals surface area contributed by atoms with Crippen LogP contribution in [0, 0.1) is 0 Å². The first-order valence-corrected chi connectivity index (χ1v) is 4.96. The average Bonchev–Trinajstić information content (AvgIpc) is 2.07. The Bertz CT molecular complexity index is 130. The van der Waals surface area contributed by atoms with Crippen LogP contribution in [0.5, 0.6) is 0 Å². The van der Waals surface area contributed by atoms with Gasteiger partial charge in [-0.05, 0) is 6.42 Å². The number of unbranched alkanes of at least 4 members (excludes halogenated alkanes) is 2. The summed E-state index contributed by atoms with van der Waals surface area (Å²) in [7, 11) is 3.26. The summed E-state index contributed by atoms with van der Waals surface area (Å²) >= 11 is 3.41. The molecule has 0 aliphatic rings. The molecule has 0 fully saturated rings. The van der Waals surface area contributed by atoms with Gasteiger partial charge in [-0.1, -0.05) is 41.8 Å². The molecule has 0 saturated heterocycles. The molecule has 0 heterocycles. The molecular weight excluding hydrogens is 220 g/mol. The molecule has 0 radical (unpaired) electrons. The maximum atomic E-state index is 5.05. The molecule has 0 atom stereocenters. The summed E-state index contributed by atoms with van der Waals surface area (Å²) in [5, 5.41) is 0. The van der Waals surface area contributed by atoms with Crippen LogP contribution in [-0.4, -0.2) is 20.5 Å². The molecule has 0 aromatic rings. The summed E-state index contributed by atoms with van der Waals surface area (Å²) in [6, 6.07) is 0. The zero-order chi connectivity index (χ0) is 9.40. The molecule has 0 saturated carbocycles. The van der Waals surface area contributed by atoms with Crippen molar-refractivity contribution in [3.05, 3.63) is 10.6 Å². The molecule has 0 unspecified atom stereocenters. The van der Waals surface area contributed by atoms with Crippen molar-refractivity contribution in [1.29, 1.82) is 0 Å². The number of halogens is 1. The van der Waals surface area contributed by atoms with Crippen molar-refractivity contribution in [2.24, 2.45) is 0 Å². The quantitative estimate of drug-likeness (QED) is 0.522. The molecule has 2 nitrogen and oxygen atoms in total. The third-order valence-electron chi connectivity index (χ3n) is 1.55. The van der Waals surface area contributed by atoms with Crippen molar-refractivity contribution >= 4 is 15.9 Å². The molecule has 12 heavy (non-hydrogen) atoms. The van der Waals surface area contributed by atoms with Gasteiger partial charge < -0.3 is 9.47 Å². The van der Waals surface area contributed by atoms with Crippen LogP contribution in [0.25, 0.3) is 0 Å². The van der Waals surface area contributed by atoms with Crippen LogP contribution in [0.4, 0.5) is 0 Å². The lowest BCUT2D eigenvalue weighted by Gasteiger charge is -2.12. The van der Waals surface area contributed by atoms with Gasteiger partial charge in [-0.2, -0.15) is 0 Å². The largest absolute Gasteiger partial charge is 0.351 e. The Labute approximate surface area is 83.1 Å². The van der Waals surface area contributed by atoms with Gasteiger partial charge in [0, 0.05) is 18.7 Å². The van der Waals surface area contributed by atoms with Gasteiger partial charge in [0.1, 0.15) is 0 Å². The van der Waals surface area contributed by atoms with E-state index >= 15 is 0 Å². The summed E-state index contributed by atoms with van der Waals surface area (Å²) in [5.41, 5.74) is 0. The molecule has 0 spiro atoms. The lowest BCUT2D eigenvalue weighted by molar-refractivity contribution is -0.0688. The average molecular weight is 237 g/mol. The zero-order valence-corrected chi connectivity index (χ0v) is 9.56. The van der Waals surface area contributed by atoms with Crippen LogP contribution >= 0.6 is 15.9 Å². The van der Waals surface area contributed by atoms with Crippen LogP contribution in [0.1, 0.15) is 26.2 Å². The van der Waals surface area contributed by atoms with Crippen LogP contribution in [0.3, 0.4) is 0 Å². The highest BCUT2D eigenvalue weighted by Gasteiger charge is 2.07. The molecule has 3 heteroatoms. The molecule has 0 amide bonds. The minimum atomic E-state index is -0.248. The van der Waals surface area contributed by atoms with E-state index in [1.54, 1.807) is 14.2 Å². The molecule has 0 rings (SSSR count). The van der Waals surface area contributed by atoms with E-state index in [0.717, 1.165) is 10.9 Å². The molecule has 0 aliphatic carbocycles. The monoisotopic (exact) mass is 236 g/mol. The number of allylic oxidation sites excluding steroid dienone is 1. The highest BCUT2D eigenvalue weighted by molar-refractivity contribution is 9.11. The van der Waals surface area contributed by atoms with E-state index in [-0.39, 0.29) is 6.29 Å². The fourth-order valence-corrected chi connectivity index (χ4v) is 1.46. The molecule has 0 bridgehead atoms. The van der Waals surface area contributed by atoms with Crippen molar-refractivity contribution in [2.45, 2.75) is 32.5 Å². The lowest BCUT2D eigenvalue weighted by Crippen LogP contribution is -2.12. The second-order valence-electron chi connectivity index (χ2n) is 2.53. The Morgan fingerprint density at radius 1 is 1.42 bits per heavy atom. The number of hydrogen-bond donors (Lipinski definition) is 0. The SMILES string of the molecule is CCCCC=C(Br)C(OC)OC. The molecule has 0 aliphatic heterocycles. The Kier molecular flexibility index (Phi) is 7.86. The molecule has 0 N–H and O–H groups in total. The Hall–Kier alpha value is 0.140. The minimum Gasteiger partial charge on any atom is -0.351 e. The second kappa shape index (κ2) is 7.77. The van der Waals surface area contributed by atoms with Crippen LogP contribution in [-0.2, 0) is 9.47 Å². The van der Waals surface area contributed by atoms with Crippen molar-refractivity contribution in [3.63, 3.8) is 0 Å². The first-order chi connectivity index (χ1) is 5.76. The molecule has 72 valence electrons. The highest BCUT2D eigenvalue weighted by atomic mass is 79.9. The molecule has 0 aromatic carbocycles. The van der Waals surface area contributed by atoms with Crippen LogP contribution in [0.15, 0.2) is 10.6 Å². The van der Waals surface area contributed by atoms with E-state index in [0.29, 0.717) is 0 Å². The summed E-state index contributed by atoms with van der Waals surface area (Å²) in [6.45, 7) is 2.17. The number of methoxy groups -OCH3 is 2. The van der Waals surface area contributed by atoms with E-state index in [4.69, 9.17) is 9.47 Å². The number of hydrogen-bond acceptors (Lipinski definition) is 2. The third-order valence-corrected chi connectivity index (χ3v) is 2.25. The maximum Gasteiger partial charge on any atom is 0.189 e. The first-order valence-electron chi connectivity index (χ1n) is 4.17. The van der Waals surface area contributed by atoms with Gasteiger partial charge in [-0.25, -0.2) is 0 Å². The van der Waals surface area contributed by atoms with E-state index in [1.165, 1.54) is 12.8 Å². The first kappa shape index (κ1) is 12.1. The summed E-state index contributed by atoms with van der Waals surface area (Å²) in [5.74, 6) is 0. The van der Waals surface area contributed by atoms with Gasteiger partial charge in [-0.3, -0.25) is 0 Å². The van der Waals surface area contributed by atoms with Crippen molar-refractivity contribution in [1.82, 2.24) is 0 Å². The minimum absolute atomic E-state index is 0.248. The van der Waals surface area contributed by atoms with E-state index in [1.807, 2.05) is 0 Å². The Morgan fingerprint density at radius 3 is 2.42 bits per heavy atom. The fourth-order valence-electron chi connectivity index (χ4n) is 0.862. The van der Waals surface area contributed by atoms with E-state index in [2.05, 4.69) is 28.9 Å².